The molecule has 0 aliphatic rings. The van der Waals surface area contributed by atoms with E-state index in [4.69, 9.17) is 5.73 Å². The minimum absolute atomic E-state index is 0.363. The highest BCUT2D eigenvalue weighted by Gasteiger charge is 2.17. The van der Waals surface area contributed by atoms with Gasteiger partial charge in [0.2, 0.25) is 0 Å². The quantitative estimate of drug-likeness (QED) is 0.796. The second-order valence-electron chi connectivity index (χ2n) is 4.69. The number of rotatable bonds is 6. The van der Waals surface area contributed by atoms with Crippen molar-refractivity contribution in [3.05, 3.63) is 46.2 Å². The Bertz CT molecular complexity index is 537. The van der Waals surface area contributed by atoms with Crippen molar-refractivity contribution in [1.29, 1.82) is 0 Å². The number of hydrogen-bond acceptors (Lipinski definition) is 4. The average molecular weight is 307 g/mol. The van der Waals surface area contributed by atoms with Crippen molar-refractivity contribution in [3.8, 4) is 0 Å². The van der Waals surface area contributed by atoms with Gasteiger partial charge in [-0.3, -0.25) is 0 Å². The van der Waals surface area contributed by atoms with E-state index >= 15 is 0 Å². The van der Waals surface area contributed by atoms with E-state index in [0.29, 0.717) is 12.6 Å². The summed E-state index contributed by atoms with van der Waals surface area (Å²) in [5.74, 6) is 1.07. The monoisotopic (exact) mass is 306 g/mol. The minimum Gasteiger partial charge on any atom is -0.367 e. The predicted octanol–water partition coefficient (Wildman–Crippen LogP) is 4.52. The molecule has 1 atom stereocenters. The maximum Gasteiger partial charge on any atom is 0.0603 e. The molecule has 0 fully saturated rings. The van der Waals surface area contributed by atoms with Gasteiger partial charge < -0.3 is 10.6 Å². The first-order chi connectivity index (χ1) is 9.69. The van der Waals surface area contributed by atoms with Crippen LogP contribution in [0.1, 0.15) is 30.3 Å². The Kier molecular flexibility index (Phi) is 5.52. The molecule has 4 heteroatoms. The van der Waals surface area contributed by atoms with Gasteiger partial charge in [-0.25, -0.2) is 0 Å². The van der Waals surface area contributed by atoms with Gasteiger partial charge in [-0.2, -0.15) is 0 Å². The summed E-state index contributed by atoms with van der Waals surface area (Å²) in [5.41, 5.74) is 8.50. The molecule has 2 rings (SSSR count). The van der Waals surface area contributed by atoms with Gasteiger partial charge in [0.05, 0.1) is 6.04 Å². The summed E-state index contributed by atoms with van der Waals surface area (Å²) in [6, 6.07) is 11.1. The molecule has 0 spiro atoms. The number of anilines is 1. The fraction of sp³-hybridized carbons (Fsp3) is 0.375. The molecule has 2 aromatic rings. The largest absolute Gasteiger partial charge is 0.367 e. The Hall–Kier alpha value is -0.970. The van der Waals surface area contributed by atoms with Crippen molar-refractivity contribution in [2.75, 3.05) is 17.7 Å². The van der Waals surface area contributed by atoms with Crippen molar-refractivity contribution >= 4 is 28.8 Å². The number of nitrogens with two attached hydrogens (primary N) is 1. The van der Waals surface area contributed by atoms with Crippen LogP contribution in [0, 0.1) is 0 Å². The molecule has 0 aliphatic heterocycles. The van der Waals surface area contributed by atoms with E-state index in [-0.39, 0.29) is 0 Å². The van der Waals surface area contributed by atoms with Crippen LogP contribution in [-0.4, -0.2) is 12.8 Å². The number of benzene rings is 1. The number of thioether (sulfide) groups is 1. The molecule has 1 aromatic carbocycles. The van der Waals surface area contributed by atoms with E-state index in [9.17, 15) is 0 Å². The van der Waals surface area contributed by atoms with Crippen LogP contribution >= 0.6 is 23.1 Å². The highest BCUT2D eigenvalue weighted by molar-refractivity contribution is 7.99. The van der Waals surface area contributed by atoms with Gasteiger partial charge in [0.25, 0.3) is 0 Å². The summed E-state index contributed by atoms with van der Waals surface area (Å²) in [6.45, 7) is 5.00. The van der Waals surface area contributed by atoms with Gasteiger partial charge in [0.15, 0.2) is 0 Å². The third-order valence-electron chi connectivity index (χ3n) is 3.53. The van der Waals surface area contributed by atoms with Crippen molar-refractivity contribution < 1.29 is 0 Å². The molecule has 2 nitrogen and oxygen atoms in total. The van der Waals surface area contributed by atoms with E-state index in [1.165, 1.54) is 21.0 Å². The fourth-order valence-corrected chi connectivity index (χ4v) is 3.98. The lowest BCUT2D eigenvalue weighted by Crippen LogP contribution is -2.23. The minimum atomic E-state index is 0.363. The maximum absolute atomic E-state index is 6.00. The van der Waals surface area contributed by atoms with Gasteiger partial charge in [0, 0.05) is 34.6 Å². The highest BCUT2D eigenvalue weighted by Crippen LogP contribution is 2.34. The molecule has 0 bridgehead atoms. The summed E-state index contributed by atoms with van der Waals surface area (Å²) >= 11 is 3.67. The molecule has 0 saturated heterocycles. The lowest BCUT2D eigenvalue weighted by molar-refractivity contribution is 0.746. The number of hydrogen-bond donors (Lipinski definition) is 1. The van der Waals surface area contributed by atoms with Gasteiger partial charge in [-0.05, 0) is 36.3 Å². The van der Waals surface area contributed by atoms with Crippen LogP contribution in [0.15, 0.2) is 40.6 Å². The molecule has 0 radical (unpaired) electrons. The summed E-state index contributed by atoms with van der Waals surface area (Å²) in [4.78, 5) is 5.01. The van der Waals surface area contributed by atoms with Crippen LogP contribution in [0.2, 0.25) is 0 Å². The second-order valence-corrected chi connectivity index (χ2v) is 6.98. The van der Waals surface area contributed by atoms with Crippen LogP contribution in [-0.2, 0) is 6.54 Å². The SMILES string of the molecule is CCSc1cccc(N(C)C(C)c2cccs2)c1CN. The standard InChI is InChI=1S/C16H22N2S2/c1-4-19-16-8-5-7-14(13(16)11-17)18(3)12(2)15-9-6-10-20-15/h5-10,12H,4,11,17H2,1-3H3. The fourth-order valence-electron chi connectivity index (χ4n) is 2.31. The molecule has 2 N–H and O–H groups in total. The predicted molar refractivity (Wildman–Crippen MR) is 91.9 cm³/mol. The molecular weight excluding hydrogens is 284 g/mol. The zero-order chi connectivity index (χ0) is 14.5. The molecule has 20 heavy (non-hydrogen) atoms. The van der Waals surface area contributed by atoms with Gasteiger partial charge in [-0.15, -0.1) is 23.1 Å². The molecule has 0 aliphatic carbocycles. The topological polar surface area (TPSA) is 29.3 Å². The first-order valence-corrected chi connectivity index (χ1v) is 8.76. The van der Waals surface area contributed by atoms with Gasteiger partial charge in [-0.1, -0.05) is 19.1 Å². The first-order valence-electron chi connectivity index (χ1n) is 6.90. The lowest BCUT2D eigenvalue weighted by atomic mass is 10.1. The highest BCUT2D eigenvalue weighted by atomic mass is 32.2. The van der Waals surface area contributed by atoms with Gasteiger partial charge in [0.1, 0.15) is 0 Å². The summed E-state index contributed by atoms with van der Waals surface area (Å²) < 4.78 is 0. The van der Waals surface area contributed by atoms with E-state index < -0.39 is 0 Å². The van der Waals surface area contributed by atoms with Gasteiger partial charge >= 0.3 is 0 Å². The van der Waals surface area contributed by atoms with E-state index in [1.807, 2.05) is 11.8 Å². The zero-order valence-electron chi connectivity index (χ0n) is 12.3. The van der Waals surface area contributed by atoms with Crippen molar-refractivity contribution in [3.63, 3.8) is 0 Å². The Morgan fingerprint density at radius 1 is 1.30 bits per heavy atom. The number of nitrogens with zero attached hydrogens (tertiary/aromatic N) is 1. The van der Waals surface area contributed by atoms with Crippen molar-refractivity contribution in [2.24, 2.45) is 5.73 Å². The van der Waals surface area contributed by atoms with E-state index in [1.54, 1.807) is 11.3 Å². The molecular formula is C16H22N2S2. The Morgan fingerprint density at radius 2 is 2.10 bits per heavy atom. The van der Waals surface area contributed by atoms with Crippen LogP contribution in [0.3, 0.4) is 0 Å². The first kappa shape index (κ1) is 15.4. The third kappa shape index (κ3) is 3.19. The molecule has 1 aromatic heterocycles. The summed E-state index contributed by atoms with van der Waals surface area (Å²) in [5, 5.41) is 2.13. The van der Waals surface area contributed by atoms with Crippen LogP contribution in [0.25, 0.3) is 0 Å². The van der Waals surface area contributed by atoms with Crippen molar-refractivity contribution in [2.45, 2.75) is 31.3 Å². The Balaban J connectivity index is 2.34. The number of thiophene rings is 1. The van der Waals surface area contributed by atoms with Crippen LogP contribution < -0.4 is 10.6 Å². The second kappa shape index (κ2) is 7.16. The summed E-state index contributed by atoms with van der Waals surface area (Å²) in [7, 11) is 2.15. The average Bonchev–Trinajstić information content (AvgIpc) is 3.00. The van der Waals surface area contributed by atoms with E-state index in [0.717, 1.165) is 5.75 Å². The maximum atomic E-state index is 6.00. The van der Waals surface area contributed by atoms with E-state index in [2.05, 4.69) is 61.5 Å². The molecule has 0 amide bonds. The Morgan fingerprint density at radius 3 is 2.70 bits per heavy atom. The molecule has 108 valence electrons. The third-order valence-corrected chi connectivity index (χ3v) is 5.55. The smallest absolute Gasteiger partial charge is 0.0603 e. The lowest BCUT2D eigenvalue weighted by Gasteiger charge is -2.29. The normalized spacial score (nSPS) is 12.4. The van der Waals surface area contributed by atoms with Crippen molar-refractivity contribution in [1.82, 2.24) is 0 Å². The molecule has 1 heterocycles. The summed E-state index contributed by atoms with van der Waals surface area (Å²) in [6.07, 6.45) is 0. The molecule has 1 unspecified atom stereocenters. The zero-order valence-corrected chi connectivity index (χ0v) is 13.9. The molecule has 0 saturated carbocycles. The van der Waals surface area contributed by atoms with Crippen LogP contribution in [0.4, 0.5) is 5.69 Å². The van der Waals surface area contributed by atoms with Crippen LogP contribution in [0.5, 0.6) is 0 Å². The Labute approximate surface area is 130 Å².